The van der Waals surface area contributed by atoms with Gasteiger partial charge in [0.15, 0.2) is 10.8 Å². The zero-order valence-electron chi connectivity index (χ0n) is 22.5. The van der Waals surface area contributed by atoms with Crippen molar-refractivity contribution in [3.8, 4) is 11.6 Å². The first-order valence-electron chi connectivity index (χ1n) is 13.3. The Kier molecular flexibility index (Phi) is 7.03. The topological polar surface area (TPSA) is 89.5 Å². The van der Waals surface area contributed by atoms with E-state index in [1.54, 1.807) is 30.5 Å². The molecule has 2 atom stereocenters. The van der Waals surface area contributed by atoms with Gasteiger partial charge in [0.1, 0.15) is 16.8 Å². The van der Waals surface area contributed by atoms with Crippen molar-refractivity contribution in [3.05, 3.63) is 71.4 Å². The predicted molar refractivity (Wildman–Crippen MR) is 148 cm³/mol. The van der Waals surface area contributed by atoms with Crippen molar-refractivity contribution < 1.29 is 17.9 Å². The molecule has 0 radical (unpaired) electrons. The molecule has 1 aromatic carbocycles. The lowest BCUT2D eigenvalue weighted by atomic mass is 9.91. The van der Waals surface area contributed by atoms with E-state index in [4.69, 9.17) is 4.74 Å². The Labute approximate surface area is 225 Å². The Morgan fingerprint density at radius 3 is 2.61 bits per heavy atom. The normalized spacial score (nSPS) is 19.6. The highest BCUT2D eigenvalue weighted by Crippen LogP contribution is 2.38. The average Bonchev–Trinajstić information content (AvgIpc) is 3.19. The third-order valence-electron chi connectivity index (χ3n) is 7.77. The first-order chi connectivity index (χ1) is 18.1. The molecule has 0 bridgehead atoms. The van der Waals surface area contributed by atoms with Crippen LogP contribution in [-0.2, 0) is 22.7 Å². The number of hydrogen-bond acceptors (Lipinski definition) is 7. The van der Waals surface area contributed by atoms with Crippen LogP contribution in [0.25, 0.3) is 0 Å². The molecule has 3 heterocycles. The molecule has 1 fully saturated rings. The number of ketones is 1. The van der Waals surface area contributed by atoms with E-state index in [1.807, 2.05) is 12.1 Å². The number of anilines is 1. The van der Waals surface area contributed by atoms with Gasteiger partial charge in [-0.05, 0) is 94.2 Å². The van der Waals surface area contributed by atoms with Gasteiger partial charge < -0.3 is 9.64 Å². The van der Waals surface area contributed by atoms with Gasteiger partial charge in [0.05, 0.1) is 5.56 Å². The van der Waals surface area contributed by atoms with E-state index in [1.165, 1.54) is 18.6 Å². The van der Waals surface area contributed by atoms with Gasteiger partial charge >= 0.3 is 0 Å². The number of rotatable bonds is 7. The number of pyridine rings is 2. The SMILES string of the molecule is CC1CN(c2ncccc2C(=O)C(C)S(=O)(=O)c2cccc(Oc3cccc4c3CCCC4)n2)C(C)(C)C1. The van der Waals surface area contributed by atoms with Crippen molar-refractivity contribution in [2.75, 3.05) is 11.4 Å². The van der Waals surface area contributed by atoms with Gasteiger partial charge in [-0.3, -0.25) is 4.79 Å². The summed E-state index contributed by atoms with van der Waals surface area (Å²) in [7, 11) is -4.09. The van der Waals surface area contributed by atoms with Crippen LogP contribution in [0.15, 0.2) is 59.8 Å². The highest BCUT2D eigenvalue weighted by atomic mass is 32.2. The molecule has 0 amide bonds. The molecule has 2 unspecified atom stereocenters. The van der Waals surface area contributed by atoms with Crippen molar-refractivity contribution in [1.82, 2.24) is 9.97 Å². The second-order valence-electron chi connectivity index (χ2n) is 11.2. The number of sulfone groups is 1. The monoisotopic (exact) mass is 533 g/mol. The van der Waals surface area contributed by atoms with Crippen LogP contribution in [0.1, 0.15) is 68.4 Å². The van der Waals surface area contributed by atoms with Gasteiger partial charge in [-0.2, -0.15) is 0 Å². The summed E-state index contributed by atoms with van der Waals surface area (Å²) in [4.78, 5) is 24.6. The number of nitrogens with zero attached hydrogens (tertiary/aromatic N) is 3. The standard InChI is InChI=1S/C30H35N3O4S/c1-20-18-30(3,4)33(19-20)29-24(13-9-17-31-29)28(34)21(2)38(35,36)27-16-8-15-26(32-27)37-25-14-7-11-22-10-5-6-12-23(22)25/h7-9,11,13-17,20-21H,5-6,10,12,18-19H2,1-4H3. The molecule has 200 valence electrons. The van der Waals surface area contributed by atoms with Gasteiger partial charge in [0.2, 0.25) is 15.7 Å². The van der Waals surface area contributed by atoms with Gasteiger partial charge in [0, 0.05) is 24.3 Å². The summed E-state index contributed by atoms with van der Waals surface area (Å²) in [5.74, 6) is 1.38. The van der Waals surface area contributed by atoms with E-state index in [0.29, 0.717) is 23.0 Å². The van der Waals surface area contributed by atoms with E-state index in [2.05, 4.69) is 41.7 Å². The first kappa shape index (κ1) is 26.4. The van der Waals surface area contributed by atoms with E-state index in [0.717, 1.165) is 44.2 Å². The Balaban J connectivity index is 1.42. The predicted octanol–water partition coefficient (Wildman–Crippen LogP) is 5.82. The molecule has 7 nitrogen and oxygen atoms in total. The molecule has 0 N–H and O–H groups in total. The molecule has 38 heavy (non-hydrogen) atoms. The number of Topliss-reactive ketones (excluding diaryl/α,β-unsaturated/α-hetero) is 1. The van der Waals surface area contributed by atoms with Crippen LogP contribution in [0.5, 0.6) is 11.6 Å². The van der Waals surface area contributed by atoms with E-state index < -0.39 is 20.9 Å². The first-order valence-corrected chi connectivity index (χ1v) is 14.9. The summed E-state index contributed by atoms with van der Waals surface area (Å²) in [6, 6.07) is 14.0. The lowest BCUT2D eigenvalue weighted by molar-refractivity contribution is 0.0991. The smallest absolute Gasteiger partial charge is 0.220 e. The lowest BCUT2D eigenvalue weighted by Gasteiger charge is -2.33. The minimum atomic E-state index is -4.09. The van der Waals surface area contributed by atoms with Crippen molar-refractivity contribution in [1.29, 1.82) is 0 Å². The molecule has 2 aliphatic rings. The Hall–Kier alpha value is -3.26. The molecule has 0 spiro atoms. The van der Waals surface area contributed by atoms with Crippen LogP contribution in [-0.4, -0.2) is 41.5 Å². The quantitative estimate of drug-likeness (QED) is 0.354. The van der Waals surface area contributed by atoms with Gasteiger partial charge in [-0.15, -0.1) is 0 Å². The number of hydrogen-bond donors (Lipinski definition) is 0. The summed E-state index contributed by atoms with van der Waals surface area (Å²) in [6.45, 7) is 8.60. The lowest BCUT2D eigenvalue weighted by Crippen LogP contribution is -2.40. The van der Waals surface area contributed by atoms with Gasteiger partial charge in [-0.1, -0.05) is 25.1 Å². The van der Waals surface area contributed by atoms with Crippen molar-refractivity contribution in [2.24, 2.45) is 5.92 Å². The molecule has 1 aliphatic carbocycles. The summed E-state index contributed by atoms with van der Waals surface area (Å²) in [5, 5.41) is -1.51. The number of carbonyl (C=O) groups is 1. The molecular weight excluding hydrogens is 498 g/mol. The second kappa shape index (κ2) is 10.1. The van der Waals surface area contributed by atoms with Gasteiger partial charge in [0.25, 0.3) is 0 Å². The molecule has 8 heteroatoms. The third kappa shape index (κ3) is 4.94. The van der Waals surface area contributed by atoms with Crippen molar-refractivity contribution in [2.45, 2.75) is 75.6 Å². The molecule has 2 aromatic heterocycles. The molecule has 0 saturated carbocycles. The summed E-state index contributed by atoms with van der Waals surface area (Å²) < 4.78 is 33.3. The second-order valence-corrected chi connectivity index (χ2v) is 13.4. The fourth-order valence-corrected chi connectivity index (χ4v) is 7.13. The summed E-state index contributed by atoms with van der Waals surface area (Å²) in [6.07, 6.45) is 6.80. The number of aromatic nitrogens is 2. The maximum absolute atomic E-state index is 13.7. The number of carbonyl (C=O) groups excluding carboxylic acids is 1. The fourth-order valence-electron chi connectivity index (χ4n) is 5.87. The van der Waals surface area contributed by atoms with Crippen LogP contribution in [0.4, 0.5) is 5.82 Å². The molecular formula is C30H35N3O4S. The summed E-state index contributed by atoms with van der Waals surface area (Å²) >= 11 is 0. The number of fused-ring (bicyclic) bond motifs is 1. The molecule has 5 rings (SSSR count). The zero-order valence-corrected chi connectivity index (χ0v) is 23.3. The van der Waals surface area contributed by atoms with Crippen LogP contribution in [0, 0.1) is 5.92 Å². The highest BCUT2D eigenvalue weighted by Gasteiger charge is 2.40. The molecule has 1 saturated heterocycles. The number of aryl methyl sites for hydroxylation is 1. The van der Waals surface area contributed by atoms with Crippen LogP contribution >= 0.6 is 0 Å². The van der Waals surface area contributed by atoms with E-state index in [9.17, 15) is 13.2 Å². The number of benzene rings is 1. The fraction of sp³-hybridized carbons (Fsp3) is 0.433. The minimum absolute atomic E-state index is 0.179. The Bertz CT molecular complexity index is 1470. The third-order valence-corrected chi connectivity index (χ3v) is 9.73. The van der Waals surface area contributed by atoms with Crippen LogP contribution in [0.3, 0.4) is 0 Å². The molecule has 3 aromatic rings. The Morgan fingerprint density at radius 2 is 1.84 bits per heavy atom. The van der Waals surface area contributed by atoms with Crippen molar-refractivity contribution >= 4 is 21.4 Å². The average molecular weight is 534 g/mol. The molecule has 1 aliphatic heterocycles. The van der Waals surface area contributed by atoms with E-state index in [-0.39, 0.29) is 16.4 Å². The highest BCUT2D eigenvalue weighted by molar-refractivity contribution is 7.92. The van der Waals surface area contributed by atoms with Crippen LogP contribution in [0.2, 0.25) is 0 Å². The van der Waals surface area contributed by atoms with Crippen LogP contribution < -0.4 is 9.64 Å². The van der Waals surface area contributed by atoms with E-state index >= 15 is 0 Å². The summed E-state index contributed by atoms with van der Waals surface area (Å²) in [5.41, 5.74) is 2.55. The van der Waals surface area contributed by atoms with Crippen molar-refractivity contribution in [3.63, 3.8) is 0 Å². The largest absolute Gasteiger partial charge is 0.439 e. The Morgan fingerprint density at radius 1 is 1.08 bits per heavy atom. The van der Waals surface area contributed by atoms with Gasteiger partial charge in [-0.25, -0.2) is 18.4 Å². The zero-order chi connectivity index (χ0) is 27.1. The number of ether oxygens (including phenoxy) is 1. The minimum Gasteiger partial charge on any atom is -0.439 e. The maximum atomic E-state index is 13.7. The maximum Gasteiger partial charge on any atom is 0.220 e.